The average Bonchev–Trinajstić information content (AvgIpc) is 2.97. The number of rotatable bonds is 4. The van der Waals surface area contributed by atoms with E-state index in [0.29, 0.717) is 5.82 Å². The van der Waals surface area contributed by atoms with E-state index in [1.54, 1.807) is 0 Å². The zero-order chi connectivity index (χ0) is 14.8. The summed E-state index contributed by atoms with van der Waals surface area (Å²) in [5, 5.41) is 3.40. The normalized spacial score (nSPS) is 13.1. The molecular weight excluding hydrogens is 262 g/mol. The minimum atomic E-state index is 0.672. The molecule has 5 nitrogen and oxygen atoms in total. The molecule has 2 aromatic rings. The zero-order valence-electron chi connectivity index (χ0n) is 12.5. The summed E-state index contributed by atoms with van der Waals surface area (Å²) in [5.74, 6) is 7.80. The van der Waals surface area contributed by atoms with Crippen molar-refractivity contribution in [2.75, 3.05) is 10.7 Å². The lowest BCUT2D eigenvalue weighted by Crippen LogP contribution is -2.13. The van der Waals surface area contributed by atoms with Gasteiger partial charge in [-0.25, -0.2) is 15.8 Å². The molecule has 1 aliphatic rings. The van der Waals surface area contributed by atoms with Crippen molar-refractivity contribution in [3.8, 4) is 0 Å². The monoisotopic (exact) mass is 283 g/mol. The van der Waals surface area contributed by atoms with Crippen molar-refractivity contribution >= 4 is 17.3 Å². The van der Waals surface area contributed by atoms with E-state index >= 15 is 0 Å². The minimum Gasteiger partial charge on any atom is -0.340 e. The van der Waals surface area contributed by atoms with Gasteiger partial charge in [0.15, 0.2) is 0 Å². The van der Waals surface area contributed by atoms with Crippen LogP contribution in [0.15, 0.2) is 18.2 Å². The van der Waals surface area contributed by atoms with Crippen LogP contribution in [0.25, 0.3) is 0 Å². The van der Waals surface area contributed by atoms with E-state index in [1.165, 1.54) is 30.4 Å². The predicted molar refractivity (Wildman–Crippen MR) is 85.7 cm³/mol. The summed E-state index contributed by atoms with van der Waals surface area (Å²) in [5.41, 5.74) is 7.56. The van der Waals surface area contributed by atoms with Crippen LogP contribution in [-0.4, -0.2) is 9.97 Å². The first-order valence-electron chi connectivity index (χ1n) is 7.44. The van der Waals surface area contributed by atoms with E-state index in [0.717, 1.165) is 29.3 Å². The number of nitrogens with two attached hydrogens (primary N) is 1. The molecular formula is C16H21N5. The number of hydrogen-bond donors (Lipinski definition) is 3. The van der Waals surface area contributed by atoms with E-state index in [-0.39, 0.29) is 0 Å². The molecule has 0 unspecified atom stereocenters. The number of aromatic nitrogens is 2. The molecule has 4 N–H and O–H groups in total. The summed E-state index contributed by atoms with van der Waals surface area (Å²) in [7, 11) is 0. The number of benzene rings is 1. The first-order chi connectivity index (χ1) is 10.2. The SMILES string of the molecule is CCc1nc(NN)c(C)c(Nc2ccc3c(c2)CCC3)n1. The molecule has 1 aliphatic carbocycles. The third-order valence-corrected chi connectivity index (χ3v) is 4.01. The number of nitrogens with zero attached hydrogens (tertiary/aromatic N) is 2. The first kappa shape index (κ1) is 13.8. The molecule has 0 amide bonds. The number of nitrogen functional groups attached to an aromatic ring is 1. The van der Waals surface area contributed by atoms with Crippen LogP contribution in [-0.2, 0) is 19.3 Å². The molecule has 0 aliphatic heterocycles. The van der Waals surface area contributed by atoms with Gasteiger partial charge in [-0.1, -0.05) is 13.0 Å². The standard InChI is InChI=1S/C16H21N5/c1-3-14-19-15(10(2)16(20-14)21-17)18-13-8-7-11-5-4-6-12(11)9-13/h7-9H,3-6,17H2,1-2H3,(H2,18,19,20,21). The molecule has 5 heteroatoms. The Kier molecular flexibility index (Phi) is 3.75. The van der Waals surface area contributed by atoms with Crippen LogP contribution in [0, 0.1) is 6.92 Å². The van der Waals surface area contributed by atoms with Gasteiger partial charge in [-0.05, 0) is 49.4 Å². The molecule has 0 atom stereocenters. The molecule has 110 valence electrons. The van der Waals surface area contributed by atoms with Crippen molar-refractivity contribution in [3.05, 3.63) is 40.7 Å². The Balaban J connectivity index is 1.94. The van der Waals surface area contributed by atoms with Crippen LogP contribution >= 0.6 is 0 Å². The Bertz CT molecular complexity index is 666. The molecule has 0 saturated heterocycles. The highest BCUT2D eigenvalue weighted by atomic mass is 15.3. The number of hydrogen-bond acceptors (Lipinski definition) is 5. The van der Waals surface area contributed by atoms with E-state index in [9.17, 15) is 0 Å². The Hall–Kier alpha value is -2.14. The molecule has 0 fully saturated rings. The lowest BCUT2D eigenvalue weighted by atomic mass is 10.1. The summed E-state index contributed by atoms with van der Waals surface area (Å²) >= 11 is 0. The smallest absolute Gasteiger partial charge is 0.148 e. The van der Waals surface area contributed by atoms with Crippen molar-refractivity contribution in [2.24, 2.45) is 5.84 Å². The average molecular weight is 283 g/mol. The highest BCUT2D eigenvalue weighted by molar-refractivity contribution is 5.65. The summed E-state index contributed by atoms with van der Waals surface area (Å²) in [6.07, 6.45) is 4.40. The Morgan fingerprint density at radius 2 is 1.90 bits per heavy atom. The van der Waals surface area contributed by atoms with Crippen LogP contribution < -0.4 is 16.6 Å². The minimum absolute atomic E-state index is 0.672. The topological polar surface area (TPSA) is 75.9 Å². The van der Waals surface area contributed by atoms with Crippen molar-refractivity contribution in [1.82, 2.24) is 9.97 Å². The number of hydrazine groups is 1. The first-order valence-corrected chi connectivity index (χ1v) is 7.44. The molecule has 21 heavy (non-hydrogen) atoms. The van der Waals surface area contributed by atoms with Crippen LogP contribution in [0.5, 0.6) is 0 Å². The Labute approximate surface area is 125 Å². The van der Waals surface area contributed by atoms with E-state index in [4.69, 9.17) is 5.84 Å². The van der Waals surface area contributed by atoms with Crippen molar-refractivity contribution in [1.29, 1.82) is 0 Å². The van der Waals surface area contributed by atoms with Crippen molar-refractivity contribution < 1.29 is 0 Å². The lowest BCUT2D eigenvalue weighted by Gasteiger charge is -2.14. The number of nitrogens with one attached hydrogen (secondary N) is 2. The van der Waals surface area contributed by atoms with Gasteiger partial charge in [-0.2, -0.15) is 0 Å². The van der Waals surface area contributed by atoms with Gasteiger partial charge in [0.2, 0.25) is 0 Å². The van der Waals surface area contributed by atoms with E-state index < -0.39 is 0 Å². The molecule has 0 radical (unpaired) electrons. The second-order valence-corrected chi connectivity index (χ2v) is 5.42. The third kappa shape index (κ3) is 2.69. The second-order valence-electron chi connectivity index (χ2n) is 5.42. The summed E-state index contributed by atoms with van der Waals surface area (Å²) in [6, 6.07) is 6.56. The number of anilines is 3. The fraction of sp³-hybridized carbons (Fsp3) is 0.375. The number of aryl methyl sites for hydroxylation is 3. The van der Waals surface area contributed by atoms with Crippen LogP contribution in [0.2, 0.25) is 0 Å². The fourth-order valence-electron chi connectivity index (χ4n) is 2.77. The Morgan fingerprint density at radius 3 is 2.67 bits per heavy atom. The molecule has 0 spiro atoms. The quantitative estimate of drug-likeness (QED) is 0.594. The van der Waals surface area contributed by atoms with Gasteiger partial charge in [0, 0.05) is 17.7 Å². The maximum atomic E-state index is 5.54. The molecule has 1 heterocycles. The van der Waals surface area contributed by atoms with Gasteiger partial charge < -0.3 is 10.7 Å². The van der Waals surface area contributed by atoms with Gasteiger partial charge in [-0.15, -0.1) is 0 Å². The highest BCUT2D eigenvalue weighted by Crippen LogP contribution is 2.28. The fourth-order valence-corrected chi connectivity index (χ4v) is 2.77. The van der Waals surface area contributed by atoms with Crippen molar-refractivity contribution in [3.63, 3.8) is 0 Å². The molecule has 1 aromatic carbocycles. The molecule has 3 rings (SSSR count). The third-order valence-electron chi connectivity index (χ3n) is 4.01. The van der Waals surface area contributed by atoms with E-state index in [2.05, 4.69) is 38.9 Å². The number of fused-ring (bicyclic) bond motifs is 1. The van der Waals surface area contributed by atoms with E-state index in [1.807, 2.05) is 13.8 Å². The Morgan fingerprint density at radius 1 is 1.14 bits per heavy atom. The van der Waals surface area contributed by atoms with Gasteiger partial charge >= 0.3 is 0 Å². The van der Waals surface area contributed by atoms with Gasteiger partial charge in [0.05, 0.1) is 0 Å². The summed E-state index contributed by atoms with van der Waals surface area (Å²) in [4.78, 5) is 8.95. The maximum Gasteiger partial charge on any atom is 0.148 e. The molecule has 0 bridgehead atoms. The van der Waals surface area contributed by atoms with Gasteiger partial charge in [0.25, 0.3) is 0 Å². The van der Waals surface area contributed by atoms with Crippen LogP contribution in [0.3, 0.4) is 0 Å². The molecule has 1 aromatic heterocycles. The van der Waals surface area contributed by atoms with Gasteiger partial charge in [0.1, 0.15) is 17.5 Å². The highest BCUT2D eigenvalue weighted by Gasteiger charge is 2.13. The van der Waals surface area contributed by atoms with Crippen molar-refractivity contribution in [2.45, 2.75) is 39.5 Å². The van der Waals surface area contributed by atoms with Gasteiger partial charge in [-0.3, -0.25) is 0 Å². The lowest BCUT2D eigenvalue weighted by molar-refractivity contribution is 0.912. The largest absolute Gasteiger partial charge is 0.340 e. The maximum absolute atomic E-state index is 5.54. The van der Waals surface area contributed by atoms with Crippen LogP contribution in [0.1, 0.15) is 35.9 Å². The molecule has 0 saturated carbocycles. The second kappa shape index (κ2) is 5.69. The summed E-state index contributed by atoms with van der Waals surface area (Å²) in [6.45, 7) is 3.99. The van der Waals surface area contributed by atoms with Crippen LogP contribution in [0.4, 0.5) is 17.3 Å². The summed E-state index contributed by atoms with van der Waals surface area (Å²) < 4.78 is 0. The zero-order valence-corrected chi connectivity index (χ0v) is 12.5. The predicted octanol–water partition coefficient (Wildman–Crippen LogP) is 2.87.